The van der Waals surface area contributed by atoms with Gasteiger partial charge in [-0.15, -0.1) is 0 Å². The van der Waals surface area contributed by atoms with Gasteiger partial charge in [-0.2, -0.15) is 0 Å². The number of carbonyl (C=O) groups excluding carboxylic acids is 2. The monoisotopic (exact) mass is 314 g/mol. The van der Waals surface area contributed by atoms with Crippen LogP contribution in [0, 0.1) is 5.41 Å². The molecule has 0 heterocycles. The van der Waals surface area contributed by atoms with Crippen LogP contribution < -0.4 is 0 Å². The molecule has 124 valence electrons. The van der Waals surface area contributed by atoms with Crippen LogP contribution in [0.4, 0.5) is 0 Å². The maximum Gasteiger partial charge on any atom is 0.330 e. The van der Waals surface area contributed by atoms with Gasteiger partial charge in [0, 0.05) is 17.9 Å². The van der Waals surface area contributed by atoms with Crippen molar-refractivity contribution in [2.75, 3.05) is 7.11 Å². The van der Waals surface area contributed by atoms with Gasteiger partial charge in [-0.1, -0.05) is 55.2 Å². The lowest BCUT2D eigenvalue weighted by atomic mass is 9.66. The SMILES string of the molecule is COC(=O)/C=C(\C)CC(=O)C1(Cc2ccccc2)CCCCC1. The Kier molecular flexibility index (Phi) is 6.14. The second kappa shape index (κ2) is 8.09. The summed E-state index contributed by atoms with van der Waals surface area (Å²) in [5.74, 6) is -0.130. The van der Waals surface area contributed by atoms with E-state index in [0.717, 1.165) is 37.7 Å². The van der Waals surface area contributed by atoms with Crippen LogP contribution in [-0.4, -0.2) is 18.9 Å². The zero-order valence-corrected chi connectivity index (χ0v) is 14.1. The van der Waals surface area contributed by atoms with E-state index in [1.165, 1.54) is 25.2 Å². The Morgan fingerprint density at radius 3 is 2.39 bits per heavy atom. The van der Waals surface area contributed by atoms with Crippen molar-refractivity contribution in [2.45, 2.75) is 51.9 Å². The molecule has 0 amide bonds. The summed E-state index contributed by atoms with van der Waals surface area (Å²) in [7, 11) is 1.35. The minimum Gasteiger partial charge on any atom is -0.466 e. The fraction of sp³-hybridized carbons (Fsp3) is 0.500. The minimum absolute atomic E-state index is 0.263. The van der Waals surface area contributed by atoms with Crippen molar-refractivity contribution >= 4 is 11.8 Å². The standard InChI is InChI=1S/C20H26O3/c1-16(14-19(22)23-2)13-18(21)20(11-7-4-8-12-20)15-17-9-5-3-6-10-17/h3,5-6,9-10,14H,4,7-8,11-13,15H2,1-2H3/b16-14+. The van der Waals surface area contributed by atoms with Crippen molar-refractivity contribution < 1.29 is 14.3 Å². The summed E-state index contributed by atoms with van der Waals surface area (Å²) in [6.45, 7) is 1.83. The lowest BCUT2D eigenvalue weighted by Gasteiger charge is -2.36. The summed E-state index contributed by atoms with van der Waals surface area (Å²) in [5, 5.41) is 0. The van der Waals surface area contributed by atoms with E-state index in [4.69, 9.17) is 0 Å². The molecule has 1 fully saturated rings. The second-order valence-electron chi connectivity index (χ2n) is 6.62. The fourth-order valence-electron chi connectivity index (χ4n) is 3.52. The fourth-order valence-corrected chi connectivity index (χ4v) is 3.52. The highest BCUT2D eigenvalue weighted by Gasteiger charge is 2.38. The molecule has 0 bridgehead atoms. The molecule has 3 heteroatoms. The Bertz CT molecular complexity index is 566. The Morgan fingerprint density at radius 1 is 1.13 bits per heavy atom. The van der Waals surface area contributed by atoms with E-state index in [9.17, 15) is 9.59 Å². The van der Waals surface area contributed by atoms with Gasteiger partial charge in [0.05, 0.1) is 7.11 Å². The molecule has 0 atom stereocenters. The summed E-state index contributed by atoms with van der Waals surface area (Å²) in [4.78, 5) is 24.4. The number of hydrogen-bond acceptors (Lipinski definition) is 3. The number of esters is 1. The largest absolute Gasteiger partial charge is 0.466 e. The molecule has 1 aliphatic rings. The van der Waals surface area contributed by atoms with Gasteiger partial charge in [-0.05, 0) is 31.7 Å². The highest BCUT2D eigenvalue weighted by atomic mass is 16.5. The third-order valence-electron chi connectivity index (χ3n) is 4.79. The molecule has 0 saturated heterocycles. The minimum atomic E-state index is -0.393. The van der Waals surface area contributed by atoms with E-state index in [0.29, 0.717) is 6.42 Å². The molecule has 1 aromatic carbocycles. The average Bonchev–Trinajstić information content (AvgIpc) is 2.56. The van der Waals surface area contributed by atoms with E-state index >= 15 is 0 Å². The van der Waals surface area contributed by atoms with Crippen LogP contribution >= 0.6 is 0 Å². The molecule has 3 nitrogen and oxygen atoms in total. The third-order valence-corrected chi connectivity index (χ3v) is 4.79. The van der Waals surface area contributed by atoms with Crippen LogP contribution in [0.1, 0.15) is 51.0 Å². The first kappa shape index (κ1) is 17.5. The predicted molar refractivity (Wildman–Crippen MR) is 91.1 cm³/mol. The van der Waals surface area contributed by atoms with Crippen molar-refractivity contribution in [3.63, 3.8) is 0 Å². The zero-order valence-electron chi connectivity index (χ0n) is 14.1. The molecule has 0 radical (unpaired) electrons. The number of rotatable bonds is 6. The molecule has 1 aliphatic carbocycles. The van der Waals surface area contributed by atoms with Gasteiger partial charge in [0.2, 0.25) is 0 Å². The molecule has 0 aromatic heterocycles. The van der Waals surface area contributed by atoms with Crippen molar-refractivity contribution in [1.29, 1.82) is 0 Å². The summed E-state index contributed by atoms with van der Waals surface area (Å²) >= 11 is 0. The Balaban J connectivity index is 2.15. The van der Waals surface area contributed by atoms with Gasteiger partial charge >= 0.3 is 5.97 Å². The van der Waals surface area contributed by atoms with Crippen LogP contribution in [-0.2, 0) is 20.7 Å². The number of ether oxygens (including phenoxy) is 1. The molecule has 0 unspecified atom stereocenters. The van der Waals surface area contributed by atoms with Gasteiger partial charge in [0.25, 0.3) is 0 Å². The Labute approximate surface area is 138 Å². The highest BCUT2D eigenvalue weighted by Crippen LogP contribution is 2.41. The number of carbonyl (C=O) groups is 2. The average molecular weight is 314 g/mol. The Morgan fingerprint density at radius 2 is 1.78 bits per heavy atom. The molecular formula is C20H26O3. The quantitative estimate of drug-likeness (QED) is 0.582. The molecule has 0 aliphatic heterocycles. The highest BCUT2D eigenvalue weighted by molar-refractivity contribution is 5.89. The number of hydrogen-bond donors (Lipinski definition) is 0. The van der Waals surface area contributed by atoms with Gasteiger partial charge in [-0.3, -0.25) is 4.79 Å². The van der Waals surface area contributed by atoms with E-state index in [2.05, 4.69) is 16.9 Å². The van der Waals surface area contributed by atoms with E-state index < -0.39 is 5.97 Å². The predicted octanol–water partition coefficient (Wildman–Crippen LogP) is 4.26. The van der Waals surface area contributed by atoms with Crippen LogP contribution in [0.3, 0.4) is 0 Å². The van der Waals surface area contributed by atoms with Crippen LogP contribution in [0.25, 0.3) is 0 Å². The molecular weight excluding hydrogens is 288 g/mol. The maximum atomic E-state index is 13.0. The van der Waals surface area contributed by atoms with Gasteiger partial charge < -0.3 is 4.74 Å². The normalized spacial score (nSPS) is 17.6. The van der Waals surface area contributed by atoms with Crippen molar-refractivity contribution in [2.24, 2.45) is 5.41 Å². The summed E-state index contributed by atoms with van der Waals surface area (Å²) in [5.41, 5.74) is 1.72. The number of methoxy groups -OCH3 is 1. The summed E-state index contributed by atoms with van der Waals surface area (Å²) < 4.78 is 4.64. The Hall–Kier alpha value is -1.90. The first-order valence-corrected chi connectivity index (χ1v) is 8.38. The number of ketones is 1. The topological polar surface area (TPSA) is 43.4 Å². The first-order chi connectivity index (χ1) is 11.1. The molecule has 1 aromatic rings. The van der Waals surface area contributed by atoms with Gasteiger partial charge in [0.1, 0.15) is 5.78 Å². The second-order valence-corrected chi connectivity index (χ2v) is 6.62. The molecule has 1 saturated carbocycles. The summed E-state index contributed by atoms with van der Waals surface area (Å²) in [6, 6.07) is 10.3. The van der Waals surface area contributed by atoms with Crippen LogP contribution in [0.2, 0.25) is 0 Å². The molecule has 2 rings (SSSR count). The van der Waals surface area contributed by atoms with E-state index in [-0.39, 0.29) is 11.2 Å². The van der Waals surface area contributed by atoms with Gasteiger partial charge in [-0.25, -0.2) is 4.79 Å². The molecule has 0 spiro atoms. The zero-order chi connectivity index (χ0) is 16.7. The van der Waals surface area contributed by atoms with Crippen molar-refractivity contribution in [1.82, 2.24) is 0 Å². The summed E-state index contributed by atoms with van der Waals surface area (Å²) in [6.07, 6.45) is 7.90. The number of benzene rings is 1. The van der Waals surface area contributed by atoms with E-state index in [1.807, 2.05) is 25.1 Å². The molecule has 23 heavy (non-hydrogen) atoms. The third kappa shape index (κ3) is 4.78. The number of Topliss-reactive ketones (excluding diaryl/α,β-unsaturated/α-hetero) is 1. The van der Waals surface area contributed by atoms with E-state index in [1.54, 1.807) is 0 Å². The maximum absolute atomic E-state index is 13.0. The molecule has 0 N–H and O–H groups in total. The number of allylic oxidation sites excluding steroid dienone is 1. The lowest BCUT2D eigenvalue weighted by molar-refractivity contribution is -0.134. The first-order valence-electron chi connectivity index (χ1n) is 8.38. The van der Waals surface area contributed by atoms with Crippen molar-refractivity contribution in [3.8, 4) is 0 Å². The van der Waals surface area contributed by atoms with Crippen molar-refractivity contribution in [3.05, 3.63) is 47.5 Å². The van der Waals surface area contributed by atoms with Crippen LogP contribution in [0.5, 0.6) is 0 Å². The van der Waals surface area contributed by atoms with Gasteiger partial charge in [0.15, 0.2) is 0 Å². The van der Waals surface area contributed by atoms with Crippen LogP contribution in [0.15, 0.2) is 42.0 Å². The smallest absolute Gasteiger partial charge is 0.330 e. The lowest BCUT2D eigenvalue weighted by Crippen LogP contribution is -2.36.